The van der Waals surface area contributed by atoms with Crippen molar-refractivity contribution in [2.75, 3.05) is 0 Å². The fraction of sp³-hybridized carbons (Fsp3) is 0.250. The van der Waals surface area contributed by atoms with Crippen LogP contribution in [0.3, 0.4) is 0 Å². The number of H-pyrrole nitrogens is 1. The molecule has 0 unspecified atom stereocenters. The van der Waals surface area contributed by atoms with Gasteiger partial charge in [0.05, 0.1) is 24.1 Å². The van der Waals surface area contributed by atoms with Crippen molar-refractivity contribution in [3.8, 4) is 11.4 Å². The summed E-state index contributed by atoms with van der Waals surface area (Å²) in [6, 6.07) is 15.9. The summed E-state index contributed by atoms with van der Waals surface area (Å²) in [5.41, 5.74) is 4.80. The van der Waals surface area contributed by atoms with Crippen molar-refractivity contribution in [2.24, 2.45) is 7.05 Å². The van der Waals surface area contributed by atoms with Crippen LogP contribution in [0.1, 0.15) is 29.8 Å². The number of aromatic amines is 1. The fourth-order valence-electron chi connectivity index (χ4n) is 4.49. The largest absolute Gasteiger partial charge is 0.358 e. The highest BCUT2D eigenvalue weighted by molar-refractivity contribution is 5.81. The van der Waals surface area contributed by atoms with Crippen molar-refractivity contribution in [1.29, 1.82) is 0 Å². The number of rotatable bonds is 10. The van der Waals surface area contributed by atoms with Crippen molar-refractivity contribution in [3.63, 3.8) is 0 Å². The number of nitrogens with zero attached hydrogens (tertiary/aromatic N) is 5. The standard InChI is InChI=1S/C28H28N6O2/c1-33-26(13-15-31-33)27-18-30-25(9-5-8-20-6-3-2-4-7-20)28(36)34(27)19-23(35)11-10-22-16-21-17-29-14-12-24(21)32-22/h2-4,6-7,12-18,32H,5,8-11,19H2,1H3. The third kappa shape index (κ3) is 5.17. The zero-order chi connectivity index (χ0) is 24.9. The molecule has 4 aromatic heterocycles. The molecule has 0 atom stereocenters. The molecule has 0 radical (unpaired) electrons. The summed E-state index contributed by atoms with van der Waals surface area (Å²) >= 11 is 0. The maximum atomic E-state index is 13.5. The lowest BCUT2D eigenvalue weighted by atomic mass is 10.1. The van der Waals surface area contributed by atoms with Gasteiger partial charge in [0.25, 0.3) is 5.56 Å². The van der Waals surface area contributed by atoms with Crippen LogP contribution in [0.25, 0.3) is 22.3 Å². The molecule has 0 amide bonds. The molecule has 1 aromatic carbocycles. The van der Waals surface area contributed by atoms with Gasteiger partial charge >= 0.3 is 0 Å². The number of hydrogen-bond donors (Lipinski definition) is 1. The number of Topliss-reactive ketones (excluding diaryl/α,β-unsaturated/α-hetero) is 1. The molecule has 182 valence electrons. The first kappa shape index (κ1) is 23.4. The first-order valence-corrected chi connectivity index (χ1v) is 12.1. The van der Waals surface area contributed by atoms with E-state index in [0.717, 1.165) is 35.1 Å². The van der Waals surface area contributed by atoms with Gasteiger partial charge in [-0.25, -0.2) is 0 Å². The Morgan fingerprint density at radius 1 is 0.972 bits per heavy atom. The Morgan fingerprint density at radius 2 is 1.83 bits per heavy atom. The molecule has 0 aliphatic heterocycles. The first-order chi connectivity index (χ1) is 17.6. The van der Waals surface area contributed by atoms with Gasteiger partial charge in [-0.05, 0) is 49.4 Å². The van der Waals surface area contributed by atoms with Gasteiger partial charge in [-0.2, -0.15) is 5.10 Å². The number of ketones is 1. The van der Waals surface area contributed by atoms with Crippen molar-refractivity contribution >= 4 is 16.7 Å². The van der Waals surface area contributed by atoms with Crippen molar-refractivity contribution in [2.45, 2.75) is 38.6 Å². The molecule has 36 heavy (non-hydrogen) atoms. The van der Waals surface area contributed by atoms with E-state index in [0.29, 0.717) is 30.7 Å². The first-order valence-electron chi connectivity index (χ1n) is 12.1. The Hall–Kier alpha value is -4.33. The van der Waals surface area contributed by atoms with Crippen molar-refractivity contribution < 1.29 is 4.79 Å². The fourth-order valence-corrected chi connectivity index (χ4v) is 4.49. The van der Waals surface area contributed by atoms with E-state index in [4.69, 9.17) is 0 Å². The maximum absolute atomic E-state index is 13.5. The van der Waals surface area contributed by atoms with E-state index in [1.165, 1.54) is 5.56 Å². The average molecular weight is 481 g/mol. The van der Waals surface area contributed by atoms with Gasteiger partial charge in [0, 0.05) is 48.7 Å². The van der Waals surface area contributed by atoms with E-state index >= 15 is 0 Å². The Kier molecular flexibility index (Phi) is 6.84. The number of carbonyl (C=O) groups is 1. The molecule has 1 N–H and O–H groups in total. The highest BCUT2D eigenvalue weighted by Crippen LogP contribution is 2.18. The molecule has 0 bridgehead atoms. The lowest BCUT2D eigenvalue weighted by Crippen LogP contribution is -2.30. The summed E-state index contributed by atoms with van der Waals surface area (Å²) in [5.74, 6) is -0.0151. The summed E-state index contributed by atoms with van der Waals surface area (Å²) in [7, 11) is 1.81. The number of fused-ring (bicyclic) bond motifs is 1. The molecule has 8 nitrogen and oxygen atoms in total. The average Bonchev–Trinajstić information content (AvgIpc) is 3.51. The molecule has 8 heteroatoms. The Labute approximate surface area is 208 Å². The number of aromatic nitrogens is 6. The van der Waals surface area contributed by atoms with Gasteiger partial charge in [-0.15, -0.1) is 0 Å². The van der Waals surface area contributed by atoms with Crippen LogP contribution in [0.4, 0.5) is 0 Å². The van der Waals surface area contributed by atoms with Crippen LogP contribution in [-0.4, -0.2) is 35.1 Å². The second kappa shape index (κ2) is 10.5. The number of nitrogens with one attached hydrogen (secondary N) is 1. The van der Waals surface area contributed by atoms with Gasteiger partial charge in [0.15, 0.2) is 5.78 Å². The van der Waals surface area contributed by atoms with Crippen molar-refractivity contribution in [1.82, 2.24) is 29.3 Å². The van der Waals surface area contributed by atoms with Gasteiger partial charge in [-0.1, -0.05) is 30.3 Å². The molecule has 5 rings (SSSR count). The van der Waals surface area contributed by atoms with Crippen LogP contribution in [0.2, 0.25) is 0 Å². The number of carbonyl (C=O) groups excluding carboxylic acids is 1. The number of aryl methyl sites for hydroxylation is 4. The topological polar surface area (TPSA) is 98.5 Å². The lowest BCUT2D eigenvalue weighted by Gasteiger charge is -2.14. The van der Waals surface area contributed by atoms with E-state index in [9.17, 15) is 9.59 Å². The van der Waals surface area contributed by atoms with Crippen LogP contribution in [0.15, 0.2) is 78.1 Å². The lowest BCUT2D eigenvalue weighted by molar-refractivity contribution is -0.119. The van der Waals surface area contributed by atoms with Gasteiger partial charge < -0.3 is 4.98 Å². The monoisotopic (exact) mass is 480 g/mol. The summed E-state index contributed by atoms with van der Waals surface area (Å²) < 4.78 is 3.24. The smallest absolute Gasteiger partial charge is 0.273 e. The minimum atomic E-state index is -0.216. The van der Waals surface area contributed by atoms with Gasteiger partial charge in [0.2, 0.25) is 0 Å². The zero-order valence-electron chi connectivity index (χ0n) is 20.2. The Morgan fingerprint density at radius 3 is 2.61 bits per heavy atom. The van der Waals surface area contributed by atoms with E-state index in [1.54, 1.807) is 34.0 Å². The van der Waals surface area contributed by atoms with Gasteiger partial charge in [-0.3, -0.25) is 28.8 Å². The van der Waals surface area contributed by atoms with E-state index < -0.39 is 0 Å². The van der Waals surface area contributed by atoms with E-state index in [1.807, 2.05) is 43.4 Å². The predicted octanol–water partition coefficient (Wildman–Crippen LogP) is 3.90. The molecule has 0 aliphatic rings. The summed E-state index contributed by atoms with van der Waals surface area (Å²) in [6.45, 7) is -0.00463. The maximum Gasteiger partial charge on any atom is 0.273 e. The van der Waals surface area contributed by atoms with Crippen LogP contribution in [0, 0.1) is 0 Å². The van der Waals surface area contributed by atoms with Crippen LogP contribution in [0.5, 0.6) is 0 Å². The van der Waals surface area contributed by atoms with Crippen molar-refractivity contribution in [3.05, 3.63) is 101 Å². The summed E-state index contributed by atoms with van der Waals surface area (Å²) in [6.07, 6.45) is 10.0. The normalized spacial score (nSPS) is 11.2. The van der Waals surface area contributed by atoms with E-state index in [-0.39, 0.29) is 17.9 Å². The number of pyridine rings is 1. The highest BCUT2D eigenvalue weighted by atomic mass is 16.1. The summed E-state index contributed by atoms with van der Waals surface area (Å²) in [5, 5.41) is 5.24. The van der Waals surface area contributed by atoms with Gasteiger partial charge in [0.1, 0.15) is 5.69 Å². The molecule has 0 spiro atoms. The molecule has 0 aliphatic carbocycles. The predicted molar refractivity (Wildman–Crippen MR) is 139 cm³/mol. The SMILES string of the molecule is Cn1nccc1-c1cnc(CCCc2ccccc2)c(=O)n1CC(=O)CCc1cc2cnccc2[nH]1. The second-order valence-electron chi connectivity index (χ2n) is 8.96. The number of benzene rings is 1. The third-order valence-corrected chi connectivity index (χ3v) is 6.42. The second-order valence-corrected chi connectivity index (χ2v) is 8.96. The molecule has 4 heterocycles. The zero-order valence-corrected chi connectivity index (χ0v) is 20.2. The minimum Gasteiger partial charge on any atom is -0.358 e. The third-order valence-electron chi connectivity index (χ3n) is 6.42. The van der Waals surface area contributed by atoms with Crippen LogP contribution < -0.4 is 5.56 Å². The van der Waals surface area contributed by atoms with E-state index in [2.05, 4.69) is 32.2 Å². The quantitative estimate of drug-likeness (QED) is 0.327. The van der Waals surface area contributed by atoms with Crippen LogP contribution >= 0.6 is 0 Å². The summed E-state index contributed by atoms with van der Waals surface area (Å²) in [4.78, 5) is 38.5. The molecule has 5 aromatic rings. The Balaban J connectivity index is 1.34. The molecule has 0 saturated heterocycles. The molecular formula is C28H28N6O2. The highest BCUT2D eigenvalue weighted by Gasteiger charge is 2.17. The number of hydrogen-bond acceptors (Lipinski definition) is 5. The van der Waals surface area contributed by atoms with Crippen LogP contribution in [-0.2, 0) is 37.6 Å². The molecular weight excluding hydrogens is 452 g/mol. The molecule has 0 saturated carbocycles. The molecule has 0 fully saturated rings. The minimum absolute atomic E-state index is 0.00463. The Bertz CT molecular complexity index is 1510.